The highest BCUT2D eigenvalue weighted by atomic mass is 16.5. The second-order valence-corrected chi connectivity index (χ2v) is 8.25. The van der Waals surface area contributed by atoms with Gasteiger partial charge in [-0.3, -0.25) is 9.59 Å². The summed E-state index contributed by atoms with van der Waals surface area (Å²) in [5.74, 6) is 1.42. The van der Waals surface area contributed by atoms with E-state index in [0.29, 0.717) is 24.4 Å². The van der Waals surface area contributed by atoms with E-state index in [9.17, 15) is 9.59 Å². The van der Waals surface area contributed by atoms with Gasteiger partial charge in [0, 0.05) is 25.1 Å². The average Bonchev–Trinajstić information content (AvgIpc) is 2.87. The van der Waals surface area contributed by atoms with Gasteiger partial charge in [0.05, 0.1) is 19.2 Å². The number of benzene rings is 2. The maximum Gasteiger partial charge on any atom is 0.257 e. The number of hydrogen-bond donors (Lipinski definition) is 1. The van der Waals surface area contributed by atoms with Crippen molar-refractivity contribution in [1.82, 2.24) is 10.2 Å². The number of carbonyl (C=O) groups is 2. The molecule has 0 radical (unpaired) electrons. The minimum atomic E-state index is -0.434. The number of amides is 2. The van der Waals surface area contributed by atoms with Gasteiger partial charge in [-0.1, -0.05) is 30.3 Å². The minimum absolute atomic E-state index is 0.0147. The zero-order chi connectivity index (χ0) is 21.1. The molecule has 1 aliphatic heterocycles. The lowest BCUT2D eigenvalue weighted by atomic mass is 9.78. The highest BCUT2D eigenvalue weighted by molar-refractivity contribution is 5.97. The third-order valence-corrected chi connectivity index (χ3v) is 6.23. The Balaban J connectivity index is 1.39. The van der Waals surface area contributed by atoms with Crippen LogP contribution in [0.2, 0.25) is 0 Å². The summed E-state index contributed by atoms with van der Waals surface area (Å²) in [5, 5.41) is 3.05. The molecule has 1 N–H and O–H groups in total. The molecule has 1 spiro atoms. The Morgan fingerprint density at radius 2 is 1.87 bits per heavy atom. The van der Waals surface area contributed by atoms with Crippen molar-refractivity contribution >= 4 is 11.8 Å². The molecule has 1 fully saturated rings. The van der Waals surface area contributed by atoms with E-state index in [0.717, 1.165) is 37.0 Å². The van der Waals surface area contributed by atoms with Crippen molar-refractivity contribution in [2.75, 3.05) is 20.7 Å². The molecule has 0 aromatic heterocycles. The van der Waals surface area contributed by atoms with E-state index < -0.39 is 5.60 Å². The van der Waals surface area contributed by atoms with Gasteiger partial charge in [0.25, 0.3) is 5.91 Å². The van der Waals surface area contributed by atoms with E-state index >= 15 is 0 Å². The Labute approximate surface area is 177 Å². The van der Waals surface area contributed by atoms with Crippen LogP contribution in [0.1, 0.15) is 41.6 Å². The van der Waals surface area contributed by atoms with Gasteiger partial charge < -0.3 is 19.7 Å². The van der Waals surface area contributed by atoms with E-state index in [-0.39, 0.29) is 17.7 Å². The number of likely N-dealkylation sites (N-methyl/N-ethyl adjacent to an activating group) is 1. The van der Waals surface area contributed by atoms with Crippen molar-refractivity contribution in [3.8, 4) is 11.5 Å². The molecular weight excluding hydrogens is 380 g/mol. The third-order valence-electron chi connectivity index (χ3n) is 6.23. The highest BCUT2D eigenvalue weighted by Gasteiger charge is 2.43. The lowest BCUT2D eigenvalue weighted by Crippen LogP contribution is -2.49. The fourth-order valence-electron chi connectivity index (χ4n) is 4.55. The molecule has 0 bridgehead atoms. The van der Waals surface area contributed by atoms with Gasteiger partial charge in [-0.05, 0) is 43.9 Å². The first kappa shape index (κ1) is 20.3. The summed E-state index contributed by atoms with van der Waals surface area (Å²) in [5.41, 5.74) is 1.13. The van der Waals surface area contributed by atoms with Crippen LogP contribution in [-0.2, 0) is 11.3 Å². The maximum atomic E-state index is 12.8. The molecule has 1 aliphatic carbocycles. The lowest BCUT2D eigenvalue weighted by Gasteiger charge is -2.40. The quantitative estimate of drug-likeness (QED) is 0.842. The first-order valence-corrected chi connectivity index (χ1v) is 10.4. The number of hydrogen-bond acceptors (Lipinski definition) is 4. The summed E-state index contributed by atoms with van der Waals surface area (Å²) in [6, 6.07) is 15.1. The van der Waals surface area contributed by atoms with Crippen LogP contribution in [0.4, 0.5) is 0 Å². The zero-order valence-corrected chi connectivity index (χ0v) is 17.5. The van der Waals surface area contributed by atoms with E-state index in [4.69, 9.17) is 9.47 Å². The Morgan fingerprint density at radius 3 is 2.63 bits per heavy atom. The Bertz CT molecular complexity index is 934. The molecule has 0 saturated heterocycles. The molecule has 1 heterocycles. The van der Waals surface area contributed by atoms with Gasteiger partial charge in [0.1, 0.15) is 17.1 Å². The highest BCUT2D eigenvalue weighted by Crippen LogP contribution is 2.39. The Morgan fingerprint density at radius 1 is 1.17 bits per heavy atom. The van der Waals surface area contributed by atoms with E-state index in [1.807, 2.05) is 55.6 Å². The van der Waals surface area contributed by atoms with Crippen LogP contribution in [0.25, 0.3) is 0 Å². The summed E-state index contributed by atoms with van der Waals surface area (Å²) in [7, 11) is 3.45. The molecule has 0 atom stereocenters. The number of para-hydroxylation sites is 2. The molecule has 158 valence electrons. The predicted octanol–water partition coefficient (Wildman–Crippen LogP) is 3.41. The molecule has 0 unspecified atom stereocenters. The molecule has 6 heteroatoms. The van der Waals surface area contributed by atoms with Crippen LogP contribution in [0.3, 0.4) is 0 Å². The molecule has 30 heavy (non-hydrogen) atoms. The first-order chi connectivity index (χ1) is 14.5. The number of ether oxygens (including phenoxy) is 2. The number of rotatable bonds is 4. The number of methoxy groups -OCH3 is 1. The van der Waals surface area contributed by atoms with Crippen LogP contribution in [0, 0.1) is 5.92 Å². The number of carbonyl (C=O) groups excluding carboxylic acids is 2. The molecule has 4 rings (SSSR count). The van der Waals surface area contributed by atoms with Gasteiger partial charge in [-0.2, -0.15) is 0 Å². The number of nitrogens with one attached hydrogen (secondary N) is 1. The average molecular weight is 408 g/mol. The maximum absolute atomic E-state index is 12.8. The van der Waals surface area contributed by atoms with Crippen LogP contribution in [0.15, 0.2) is 48.5 Å². The smallest absolute Gasteiger partial charge is 0.257 e. The molecule has 1 saturated carbocycles. The second kappa shape index (κ2) is 8.38. The van der Waals surface area contributed by atoms with Crippen LogP contribution >= 0.6 is 0 Å². The van der Waals surface area contributed by atoms with Crippen LogP contribution in [-0.4, -0.2) is 43.0 Å². The van der Waals surface area contributed by atoms with Crippen molar-refractivity contribution in [3.05, 3.63) is 59.7 Å². The topological polar surface area (TPSA) is 67.9 Å². The largest absolute Gasteiger partial charge is 0.496 e. The number of fused-ring (bicyclic) bond motifs is 1. The van der Waals surface area contributed by atoms with Gasteiger partial charge in [0.2, 0.25) is 5.91 Å². The lowest BCUT2D eigenvalue weighted by molar-refractivity contribution is -0.127. The monoisotopic (exact) mass is 408 g/mol. The molecule has 2 aliphatic rings. The molecule has 2 aromatic carbocycles. The third kappa shape index (κ3) is 3.99. The summed E-state index contributed by atoms with van der Waals surface area (Å²) < 4.78 is 11.8. The van der Waals surface area contributed by atoms with Gasteiger partial charge in [-0.25, -0.2) is 0 Å². The normalized spacial score (nSPS) is 23.3. The molecule has 2 aromatic rings. The standard InChI is InChI=1S/C24H28N2O4/c1-26-16-24(30-21-10-6-4-8-19(21)23(26)28)13-11-17(12-14-24)22(27)25-15-18-7-3-5-9-20(18)29-2/h3-10,17H,11-16H2,1-2H3,(H,25,27). The van der Waals surface area contributed by atoms with Gasteiger partial charge in [0.15, 0.2) is 0 Å². The van der Waals surface area contributed by atoms with E-state index in [1.54, 1.807) is 12.0 Å². The van der Waals surface area contributed by atoms with Crippen molar-refractivity contribution in [1.29, 1.82) is 0 Å². The molecule has 2 amide bonds. The molecule has 6 nitrogen and oxygen atoms in total. The Kier molecular flexibility index (Phi) is 5.66. The predicted molar refractivity (Wildman–Crippen MR) is 114 cm³/mol. The zero-order valence-electron chi connectivity index (χ0n) is 17.5. The minimum Gasteiger partial charge on any atom is -0.496 e. The summed E-state index contributed by atoms with van der Waals surface area (Å²) in [6.07, 6.45) is 2.96. The summed E-state index contributed by atoms with van der Waals surface area (Å²) >= 11 is 0. The molecular formula is C24H28N2O4. The summed E-state index contributed by atoms with van der Waals surface area (Å²) in [6.45, 7) is 0.988. The Hall–Kier alpha value is -3.02. The van der Waals surface area contributed by atoms with E-state index in [1.165, 1.54) is 0 Å². The van der Waals surface area contributed by atoms with Crippen molar-refractivity contribution in [2.45, 2.75) is 37.8 Å². The summed E-state index contributed by atoms with van der Waals surface area (Å²) in [4.78, 5) is 27.2. The SMILES string of the molecule is COc1ccccc1CNC(=O)C1CCC2(CC1)CN(C)C(=O)c1ccccc1O2. The van der Waals surface area contributed by atoms with Crippen LogP contribution in [0.5, 0.6) is 11.5 Å². The first-order valence-electron chi connectivity index (χ1n) is 10.4. The fraction of sp³-hybridized carbons (Fsp3) is 0.417. The fourth-order valence-corrected chi connectivity index (χ4v) is 4.55. The van der Waals surface area contributed by atoms with Crippen molar-refractivity contribution in [2.24, 2.45) is 5.92 Å². The van der Waals surface area contributed by atoms with Crippen molar-refractivity contribution < 1.29 is 19.1 Å². The van der Waals surface area contributed by atoms with Crippen molar-refractivity contribution in [3.63, 3.8) is 0 Å². The number of nitrogens with zero attached hydrogens (tertiary/aromatic N) is 1. The van der Waals surface area contributed by atoms with Gasteiger partial charge in [-0.15, -0.1) is 0 Å². The van der Waals surface area contributed by atoms with Gasteiger partial charge >= 0.3 is 0 Å². The second-order valence-electron chi connectivity index (χ2n) is 8.25. The van der Waals surface area contributed by atoms with Crippen LogP contribution < -0.4 is 14.8 Å². The van der Waals surface area contributed by atoms with E-state index in [2.05, 4.69) is 5.32 Å².